The van der Waals surface area contributed by atoms with Gasteiger partial charge in [-0.15, -0.1) is 0 Å². The fourth-order valence-corrected chi connectivity index (χ4v) is 5.80. The third-order valence-corrected chi connectivity index (χ3v) is 8.23. The Morgan fingerprint density at radius 3 is 2.17 bits per heavy atom. The van der Waals surface area contributed by atoms with Gasteiger partial charge in [0, 0.05) is 53.6 Å². The minimum absolute atomic E-state index is 0.0445. The van der Waals surface area contributed by atoms with E-state index in [1.54, 1.807) is 59.5 Å². The van der Waals surface area contributed by atoms with Crippen molar-refractivity contribution < 1.29 is 23.5 Å². The molecule has 208 valence electrons. The minimum Gasteiger partial charge on any atom is -0.494 e. The molecule has 1 N–H and O–H groups in total. The van der Waals surface area contributed by atoms with Crippen molar-refractivity contribution in [2.75, 3.05) is 38.6 Å². The number of benzene rings is 3. The molecule has 0 aromatic heterocycles. The number of carbonyl (C=O) groups excluding carboxylic acids is 3. The lowest BCUT2D eigenvalue weighted by Crippen LogP contribution is -2.34. The minimum atomic E-state index is -0.600. The maximum absolute atomic E-state index is 14.7. The molecule has 0 saturated carbocycles. The zero-order valence-corrected chi connectivity index (χ0v) is 23.0. The molecule has 2 fully saturated rings. The number of halogens is 2. The highest BCUT2D eigenvalue weighted by molar-refractivity contribution is 6.31. The van der Waals surface area contributed by atoms with E-state index in [1.807, 2.05) is 11.0 Å². The number of hydrogen-bond donors (Lipinski definition) is 1. The summed E-state index contributed by atoms with van der Waals surface area (Å²) >= 11 is 6.18. The van der Waals surface area contributed by atoms with Gasteiger partial charge >= 0.3 is 0 Å². The molecule has 0 unspecified atom stereocenters. The Hall–Kier alpha value is -3.91. The summed E-state index contributed by atoms with van der Waals surface area (Å²) in [6.07, 6.45) is 1.47. The number of nitrogens with zero attached hydrogens (tertiary/aromatic N) is 2. The van der Waals surface area contributed by atoms with E-state index in [2.05, 4.69) is 5.32 Å². The maximum Gasteiger partial charge on any atom is 0.255 e. The van der Waals surface area contributed by atoms with E-state index in [-0.39, 0.29) is 52.3 Å². The first-order chi connectivity index (χ1) is 19.3. The molecule has 0 spiro atoms. The highest BCUT2D eigenvalue weighted by atomic mass is 35.5. The second kappa shape index (κ2) is 12.1. The molecule has 0 bridgehead atoms. The zero-order valence-electron chi connectivity index (χ0n) is 22.2. The molecule has 2 aliphatic rings. The van der Waals surface area contributed by atoms with Gasteiger partial charge < -0.3 is 19.9 Å². The fourth-order valence-electron chi connectivity index (χ4n) is 5.59. The molecule has 2 atom stereocenters. The Bertz CT molecular complexity index is 1380. The van der Waals surface area contributed by atoms with Crippen LogP contribution in [-0.4, -0.2) is 60.8 Å². The van der Waals surface area contributed by atoms with Crippen molar-refractivity contribution in [3.8, 4) is 5.75 Å². The molecule has 40 heavy (non-hydrogen) atoms. The van der Waals surface area contributed by atoms with Crippen LogP contribution in [0.5, 0.6) is 5.75 Å². The molecule has 3 aromatic carbocycles. The monoisotopic (exact) mass is 563 g/mol. The van der Waals surface area contributed by atoms with Crippen LogP contribution in [0.15, 0.2) is 66.7 Å². The molecule has 3 amide bonds. The zero-order chi connectivity index (χ0) is 28.2. The van der Waals surface area contributed by atoms with Crippen LogP contribution in [0.1, 0.15) is 39.1 Å². The SMILES string of the molecule is COc1ccc(Cl)c(CC(=O)N2C[C@H]3CCN(C(=O)c4ccc(NC(=O)c5ccccc5)cc4)CC[C@H]3C2)c1F. The van der Waals surface area contributed by atoms with Crippen LogP contribution in [0.2, 0.25) is 5.02 Å². The lowest BCUT2D eigenvalue weighted by atomic mass is 9.92. The first-order valence-electron chi connectivity index (χ1n) is 13.4. The second-order valence-electron chi connectivity index (χ2n) is 10.3. The third-order valence-electron chi connectivity index (χ3n) is 7.88. The Kier molecular flexibility index (Phi) is 8.35. The van der Waals surface area contributed by atoms with E-state index in [9.17, 15) is 18.8 Å². The summed E-state index contributed by atoms with van der Waals surface area (Å²) in [7, 11) is 1.38. The van der Waals surface area contributed by atoms with E-state index in [1.165, 1.54) is 13.2 Å². The molecule has 0 radical (unpaired) electrons. The van der Waals surface area contributed by atoms with E-state index < -0.39 is 5.82 Å². The molecular formula is C31H31ClFN3O4. The summed E-state index contributed by atoms with van der Waals surface area (Å²) in [6.45, 7) is 2.38. The third kappa shape index (κ3) is 5.97. The standard InChI is InChI=1S/C31H31ClFN3O4/c1-40-27-12-11-26(32)25(29(27)33)17-28(37)36-18-22-13-15-35(16-14-23(22)19-36)31(39)21-7-9-24(10-8-21)34-30(38)20-5-3-2-4-6-20/h2-12,22-23H,13-19H2,1H3,(H,34,38)/t22-,23+. The highest BCUT2D eigenvalue weighted by Crippen LogP contribution is 2.34. The molecule has 9 heteroatoms. The molecule has 7 nitrogen and oxygen atoms in total. The number of ether oxygens (including phenoxy) is 1. The van der Waals surface area contributed by atoms with Crippen molar-refractivity contribution in [2.45, 2.75) is 19.3 Å². The number of hydrogen-bond acceptors (Lipinski definition) is 4. The van der Waals surface area contributed by atoms with E-state index in [0.29, 0.717) is 43.0 Å². The molecule has 2 heterocycles. The summed E-state index contributed by atoms with van der Waals surface area (Å²) in [4.78, 5) is 42.3. The van der Waals surface area contributed by atoms with Crippen LogP contribution in [0.3, 0.4) is 0 Å². The van der Waals surface area contributed by atoms with Crippen molar-refractivity contribution >= 4 is 35.0 Å². The fraction of sp³-hybridized carbons (Fsp3) is 0.323. The number of methoxy groups -OCH3 is 1. The van der Waals surface area contributed by atoms with E-state index in [0.717, 1.165) is 12.8 Å². The van der Waals surface area contributed by atoms with Crippen LogP contribution >= 0.6 is 11.6 Å². The van der Waals surface area contributed by atoms with E-state index in [4.69, 9.17) is 16.3 Å². The highest BCUT2D eigenvalue weighted by Gasteiger charge is 2.38. The van der Waals surface area contributed by atoms with Gasteiger partial charge in [-0.2, -0.15) is 0 Å². The molecule has 2 aliphatic heterocycles. The number of amides is 3. The Balaban J connectivity index is 1.15. The quantitative estimate of drug-likeness (QED) is 0.442. The van der Waals surface area contributed by atoms with Crippen LogP contribution < -0.4 is 10.1 Å². The van der Waals surface area contributed by atoms with Gasteiger partial charge in [-0.05, 0) is 73.2 Å². The molecular weight excluding hydrogens is 533 g/mol. The largest absolute Gasteiger partial charge is 0.494 e. The topological polar surface area (TPSA) is 79.0 Å². The predicted molar refractivity (Wildman–Crippen MR) is 151 cm³/mol. The summed E-state index contributed by atoms with van der Waals surface area (Å²) in [5.41, 5.74) is 1.91. The second-order valence-corrected chi connectivity index (χ2v) is 10.7. The molecule has 3 aromatic rings. The molecule has 0 aliphatic carbocycles. The van der Waals surface area contributed by atoms with Gasteiger partial charge in [-0.1, -0.05) is 29.8 Å². The van der Waals surface area contributed by atoms with Gasteiger partial charge in [0.2, 0.25) is 5.91 Å². The number of fused-ring (bicyclic) bond motifs is 1. The normalized spacial score (nSPS) is 18.6. The predicted octanol–water partition coefficient (Wildman–Crippen LogP) is 5.29. The number of anilines is 1. The lowest BCUT2D eigenvalue weighted by Gasteiger charge is -2.23. The van der Waals surface area contributed by atoms with Gasteiger partial charge in [0.15, 0.2) is 11.6 Å². The smallest absolute Gasteiger partial charge is 0.255 e. The van der Waals surface area contributed by atoms with Crippen molar-refractivity contribution in [3.05, 3.63) is 94.3 Å². The van der Waals surface area contributed by atoms with Crippen molar-refractivity contribution in [1.29, 1.82) is 0 Å². The van der Waals surface area contributed by atoms with E-state index >= 15 is 0 Å². The summed E-state index contributed by atoms with van der Waals surface area (Å²) in [5.74, 6) is -0.381. The Morgan fingerprint density at radius 1 is 0.900 bits per heavy atom. The maximum atomic E-state index is 14.7. The van der Waals surface area contributed by atoms with Gasteiger partial charge in [0.1, 0.15) is 0 Å². The molecule has 2 saturated heterocycles. The Morgan fingerprint density at radius 2 is 1.55 bits per heavy atom. The van der Waals surface area contributed by atoms with Gasteiger partial charge in [0.25, 0.3) is 11.8 Å². The number of nitrogens with one attached hydrogen (secondary N) is 1. The average Bonchev–Trinajstić information content (AvgIpc) is 3.28. The number of carbonyl (C=O) groups is 3. The van der Waals surface area contributed by atoms with Gasteiger partial charge in [0.05, 0.1) is 13.5 Å². The summed E-state index contributed by atoms with van der Waals surface area (Å²) in [5, 5.41) is 3.06. The number of likely N-dealkylation sites (tertiary alicyclic amines) is 2. The average molecular weight is 564 g/mol. The molecule has 5 rings (SSSR count). The van der Waals surface area contributed by atoms with Gasteiger partial charge in [-0.25, -0.2) is 4.39 Å². The number of rotatable bonds is 6. The van der Waals surface area contributed by atoms with Crippen LogP contribution in [0.4, 0.5) is 10.1 Å². The first-order valence-corrected chi connectivity index (χ1v) is 13.8. The van der Waals surface area contributed by atoms with Crippen molar-refractivity contribution in [2.24, 2.45) is 11.8 Å². The van der Waals surface area contributed by atoms with Gasteiger partial charge in [-0.3, -0.25) is 14.4 Å². The van der Waals surface area contributed by atoms with Crippen LogP contribution in [0, 0.1) is 17.7 Å². The lowest BCUT2D eigenvalue weighted by molar-refractivity contribution is -0.129. The first kappa shape index (κ1) is 27.6. The van der Waals surface area contributed by atoms with Crippen LogP contribution in [-0.2, 0) is 11.2 Å². The Labute approximate surface area is 237 Å². The van der Waals surface area contributed by atoms with Crippen molar-refractivity contribution in [3.63, 3.8) is 0 Å². The van der Waals surface area contributed by atoms with Crippen LogP contribution in [0.25, 0.3) is 0 Å². The summed E-state index contributed by atoms with van der Waals surface area (Å²) in [6, 6.07) is 18.9. The summed E-state index contributed by atoms with van der Waals surface area (Å²) < 4.78 is 19.7. The van der Waals surface area contributed by atoms with Crippen molar-refractivity contribution in [1.82, 2.24) is 9.80 Å².